The molecule has 3 nitrogen and oxygen atoms in total. The Bertz CT molecular complexity index is 487. The predicted octanol–water partition coefficient (Wildman–Crippen LogP) is 3.31. The highest BCUT2D eigenvalue weighted by Gasteiger charge is 2.23. The van der Waals surface area contributed by atoms with Crippen molar-refractivity contribution in [3.05, 3.63) is 29.6 Å². The van der Waals surface area contributed by atoms with Crippen LogP contribution in [0, 0.1) is 17.7 Å². The maximum absolute atomic E-state index is 13.5. The number of hydrogen-bond acceptors (Lipinski definition) is 2. The minimum atomic E-state index is -0.522. The molecule has 1 aliphatic rings. The summed E-state index contributed by atoms with van der Waals surface area (Å²) in [5.74, 6) is 0.717. The summed E-state index contributed by atoms with van der Waals surface area (Å²) in [6.07, 6.45) is 3.21. The molecule has 1 heterocycles. The van der Waals surface area contributed by atoms with Crippen LogP contribution >= 0.6 is 0 Å². The van der Waals surface area contributed by atoms with Crippen molar-refractivity contribution in [1.82, 2.24) is 4.90 Å². The van der Waals surface area contributed by atoms with Crippen molar-refractivity contribution in [3.8, 4) is 0 Å². The first-order chi connectivity index (χ1) is 9.49. The number of carbonyl (C=O) groups is 1. The third-order valence-corrected chi connectivity index (χ3v) is 4.25. The van der Waals surface area contributed by atoms with Crippen LogP contribution in [0.4, 0.5) is 10.1 Å². The number of nitrogen functional groups attached to an aromatic ring is 1. The minimum Gasteiger partial charge on any atom is -0.396 e. The Morgan fingerprint density at radius 1 is 1.35 bits per heavy atom. The standard InChI is InChI=1S/C16H23FN2O/c1-11(2)12-4-3-8-19(9-7-12)16(20)13-5-6-15(18)14(17)10-13/h5-6,10-12H,3-4,7-9,18H2,1-2H3. The van der Waals surface area contributed by atoms with E-state index in [1.165, 1.54) is 12.1 Å². The lowest BCUT2D eigenvalue weighted by Gasteiger charge is -2.21. The molecule has 2 rings (SSSR count). The summed E-state index contributed by atoms with van der Waals surface area (Å²) in [6.45, 7) is 5.98. The average molecular weight is 278 g/mol. The van der Waals surface area contributed by atoms with Crippen molar-refractivity contribution in [1.29, 1.82) is 0 Å². The summed E-state index contributed by atoms with van der Waals surface area (Å²) < 4.78 is 13.5. The van der Waals surface area contributed by atoms with Crippen molar-refractivity contribution in [3.63, 3.8) is 0 Å². The number of benzene rings is 1. The van der Waals surface area contributed by atoms with Crippen LogP contribution in [0.25, 0.3) is 0 Å². The number of nitrogens with two attached hydrogens (primary N) is 1. The van der Waals surface area contributed by atoms with Gasteiger partial charge < -0.3 is 10.6 Å². The second kappa shape index (κ2) is 6.25. The molecule has 1 fully saturated rings. The van der Waals surface area contributed by atoms with E-state index in [0.29, 0.717) is 17.4 Å². The first-order valence-corrected chi connectivity index (χ1v) is 7.33. The normalized spacial score (nSPS) is 20.0. The lowest BCUT2D eigenvalue weighted by atomic mass is 9.89. The van der Waals surface area contributed by atoms with Gasteiger partial charge in [-0.1, -0.05) is 13.8 Å². The lowest BCUT2D eigenvalue weighted by molar-refractivity contribution is 0.0758. The van der Waals surface area contributed by atoms with E-state index >= 15 is 0 Å². The molecule has 0 bridgehead atoms. The van der Waals surface area contributed by atoms with E-state index in [0.717, 1.165) is 32.4 Å². The van der Waals surface area contributed by atoms with Crippen LogP contribution in [0.1, 0.15) is 43.5 Å². The summed E-state index contributed by atoms with van der Waals surface area (Å²) in [4.78, 5) is 14.3. The average Bonchev–Trinajstić information content (AvgIpc) is 2.67. The van der Waals surface area contributed by atoms with E-state index in [9.17, 15) is 9.18 Å². The Hall–Kier alpha value is -1.58. The molecule has 1 atom stereocenters. The summed E-state index contributed by atoms with van der Waals surface area (Å²) >= 11 is 0. The van der Waals surface area contributed by atoms with Crippen molar-refractivity contribution in [2.24, 2.45) is 11.8 Å². The molecule has 1 amide bonds. The van der Waals surface area contributed by atoms with Gasteiger partial charge in [0, 0.05) is 18.7 Å². The van der Waals surface area contributed by atoms with Gasteiger partial charge >= 0.3 is 0 Å². The molecule has 110 valence electrons. The number of rotatable bonds is 2. The van der Waals surface area contributed by atoms with Crippen molar-refractivity contribution < 1.29 is 9.18 Å². The third kappa shape index (κ3) is 3.30. The molecule has 20 heavy (non-hydrogen) atoms. The highest BCUT2D eigenvalue weighted by molar-refractivity contribution is 5.94. The van der Waals surface area contributed by atoms with Crippen molar-refractivity contribution >= 4 is 11.6 Å². The summed E-state index contributed by atoms with van der Waals surface area (Å²) in [5, 5.41) is 0. The number of anilines is 1. The molecule has 0 aliphatic carbocycles. The van der Waals surface area contributed by atoms with E-state index in [4.69, 9.17) is 5.73 Å². The van der Waals surface area contributed by atoms with Crippen LogP contribution in [0.2, 0.25) is 0 Å². The van der Waals surface area contributed by atoms with Gasteiger partial charge in [-0.2, -0.15) is 0 Å². The van der Waals surface area contributed by atoms with Crippen molar-refractivity contribution in [2.75, 3.05) is 18.8 Å². The molecule has 2 N–H and O–H groups in total. The minimum absolute atomic E-state index is 0.0808. The van der Waals surface area contributed by atoms with Gasteiger partial charge in [0.1, 0.15) is 5.82 Å². The number of nitrogens with zero attached hydrogens (tertiary/aromatic N) is 1. The monoisotopic (exact) mass is 278 g/mol. The van der Waals surface area contributed by atoms with Crippen LogP contribution in [-0.2, 0) is 0 Å². The van der Waals surface area contributed by atoms with Crippen LogP contribution in [-0.4, -0.2) is 23.9 Å². The van der Waals surface area contributed by atoms with Crippen LogP contribution < -0.4 is 5.73 Å². The van der Waals surface area contributed by atoms with Gasteiger partial charge in [-0.3, -0.25) is 4.79 Å². The fraction of sp³-hybridized carbons (Fsp3) is 0.562. The molecule has 4 heteroatoms. The van der Waals surface area contributed by atoms with Crippen LogP contribution in [0.3, 0.4) is 0 Å². The zero-order valence-corrected chi connectivity index (χ0v) is 12.2. The zero-order valence-electron chi connectivity index (χ0n) is 12.2. The first kappa shape index (κ1) is 14.8. The van der Waals surface area contributed by atoms with E-state index in [1.54, 1.807) is 6.07 Å². The Kier molecular flexibility index (Phi) is 4.63. The molecule has 1 unspecified atom stereocenters. The molecule has 0 spiro atoms. The Labute approximate surface area is 120 Å². The smallest absolute Gasteiger partial charge is 0.253 e. The van der Waals surface area contributed by atoms with E-state index in [2.05, 4.69) is 13.8 Å². The third-order valence-electron chi connectivity index (χ3n) is 4.25. The zero-order chi connectivity index (χ0) is 14.7. The van der Waals surface area contributed by atoms with Gasteiger partial charge in [0.05, 0.1) is 5.69 Å². The summed E-state index contributed by atoms with van der Waals surface area (Å²) in [7, 11) is 0. The van der Waals surface area contributed by atoms with Crippen LogP contribution in [0.15, 0.2) is 18.2 Å². The second-order valence-corrected chi connectivity index (χ2v) is 5.96. The number of hydrogen-bond donors (Lipinski definition) is 1. The quantitative estimate of drug-likeness (QED) is 0.844. The SMILES string of the molecule is CC(C)C1CCCN(C(=O)c2ccc(N)c(F)c2)CC1. The highest BCUT2D eigenvalue weighted by atomic mass is 19.1. The van der Waals surface area contributed by atoms with E-state index < -0.39 is 5.82 Å². The number of carbonyl (C=O) groups excluding carboxylic acids is 1. The molecular formula is C16H23FN2O. The fourth-order valence-electron chi connectivity index (χ4n) is 2.83. The highest BCUT2D eigenvalue weighted by Crippen LogP contribution is 2.25. The molecule has 0 radical (unpaired) electrons. The largest absolute Gasteiger partial charge is 0.396 e. The predicted molar refractivity (Wildman–Crippen MR) is 78.9 cm³/mol. The van der Waals surface area contributed by atoms with Gasteiger partial charge in [-0.05, 0) is 49.3 Å². The lowest BCUT2D eigenvalue weighted by Crippen LogP contribution is -2.32. The maximum Gasteiger partial charge on any atom is 0.253 e. The first-order valence-electron chi connectivity index (χ1n) is 7.33. The van der Waals surface area contributed by atoms with Gasteiger partial charge in [-0.25, -0.2) is 4.39 Å². The molecule has 0 aromatic heterocycles. The van der Waals surface area contributed by atoms with E-state index in [-0.39, 0.29) is 11.6 Å². The van der Waals surface area contributed by atoms with Gasteiger partial charge in [-0.15, -0.1) is 0 Å². The molecule has 0 saturated carbocycles. The maximum atomic E-state index is 13.5. The number of likely N-dealkylation sites (tertiary alicyclic amines) is 1. The molecular weight excluding hydrogens is 255 g/mol. The topological polar surface area (TPSA) is 46.3 Å². The molecule has 1 aromatic carbocycles. The second-order valence-electron chi connectivity index (χ2n) is 5.96. The van der Waals surface area contributed by atoms with Crippen molar-refractivity contribution in [2.45, 2.75) is 33.1 Å². The summed E-state index contributed by atoms with van der Waals surface area (Å²) in [5.41, 5.74) is 5.91. The van der Waals surface area contributed by atoms with Gasteiger partial charge in [0.25, 0.3) is 5.91 Å². The Balaban J connectivity index is 2.07. The van der Waals surface area contributed by atoms with Crippen LogP contribution in [0.5, 0.6) is 0 Å². The molecule has 1 saturated heterocycles. The number of halogens is 1. The molecule has 1 aliphatic heterocycles. The molecule has 1 aromatic rings. The Morgan fingerprint density at radius 2 is 2.10 bits per heavy atom. The Morgan fingerprint density at radius 3 is 2.75 bits per heavy atom. The van der Waals surface area contributed by atoms with Gasteiger partial charge in [0.15, 0.2) is 0 Å². The summed E-state index contributed by atoms with van der Waals surface area (Å²) in [6, 6.07) is 4.30. The fourth-order valence-corrected chi connectivity index (χ4v) is 2.83. The van der Waals surface area contributed by atoms with E-state index in [1.807, 2.05) is 4.90 Å². The van der Waals surface area contributed by atoms with Gasteiger partial charge in [0.2, 0.25) is 0 Å². The number of amides is 1.